The van der Waals surface area contributed by atoms with E-state index in [0.29, 0.717) is 23.6 Å². The van der Waals surface area contributed by atoms with E-state index in [-0.39, 0.29) is 10.6 Å². The van der Waals surface area contributed by atoms with E-state index >= 15 is 0 Å². The number of nitrogens with zero attached hydrogens (tertiary/aromatic N) is 1. The molecule has 1 aromatic carbocycles. The van der Waals surface area contributed by atoms with Gasteiger partial charge in [-0.15, -0.1) is 0 Å². The van der Waals surface area contributed by atoms with Crippen molar-refractivity contribution < 1.29 is 29.1 Å². The quantitative estimate of drug-likeness (QED) is 0.273. The predicted octanol–water partition coefficient (Wildman–Crippen LogP) is -1.93. The molecular weight excluding hydrogens is 348 g/mol. The number of nitro benzene ring substituents is 1. The molecule has 0 spiro atoms. The first-order valence-corrected chi connectivity index (χ1v) is 9.59. The Morgan fingerprint density at radius 1 is 0.889 bits per heavy atom. The lowest BCUT2D eigenvalue weighted by molar-refractivity contribution is -0.925. The van der Waals surface area contributed by atoms with Gasteiger partial charge < -0.3 is 24.2 Å². The van der Waals surface area contributed by atoms with Gasteiger partial charge in [0.2, 0.25) is 0 Å². The fourth-order valence-electron chi connectivity index (χ4n) is 3.18. The zero-order chi connectivity index (χ0) is 20.4. The fraction of sp³-hybridized carbons (Fsp3) is 0.684. The lowest BCUT2D eigenvalue weighted by Crippen LogP contribution is -3.13. The minimum Gasteiger partial charge on any atom is -0.493 e. The van der Waals surface area contributed by atoms with E-state index < -0.39 is 0 Å². The van der Waals surface area contributed by atoms with E-state index in [9.17, 15) is 10.1 Å². The Kier molecular flexibility index (Phi) is 10.1. The van der Waals surface area contributed by atoms with E-state index in [0.717, 1.165) is 39.0 Å². The SMILES string of the molecule is COc1cc(C[NH+](CCC[NH+](C)C)CCC[NH+](C)C)c([N+](=O)[O-])cc1OC. The van der Waals surface area contributed by atoms with E-state index in [4.69, 9.17) is 9.47 Å². The molecule has 0 bridgehead atoms. The molecule has 0 amide bonds. The average Bonchev–Trinajstić information content (AvgIpc) is 2.60. The predicted molar refractivity (Wildman–Crippen MR) is 105 cm³/mol. The standard InChI is InChI=1S/C19H34N4O4/c1-20(2)9-7-11-22(12-8-10-21(3)4)15-16-13-18(26-5)19(27-6)14-17(16)23(24)25/h13-14H,7-12,15H2,1-6H3/p+3. The number of nitrogens with one attached hydrogen (secondary N) is 3. The summed E-state index contributed by atoms with van der Waals surface area (Å²) in [6, 6.07) is 3.23. The molecule has 1 rings (SSSR count). The largest absolute Gasteiger partial charge is 0.493 e. The Bertz CT molecular complexity index is 579. The second-order valence-corrected chi connectivity index (χ2v) is 7.64. The van der Waals surface area contributed by atoms with Crippen molar-refractivity contribution in [3.63, 3.8) is 0 Å². The van der Waals surface area contributed by atoms with Crippen LogP contribution in [0, 0.1) is 10.1 Å². The molecule has 3 N–H and O–H groups in total. The number of hydrogen-bond acceptors (Lipinski definition) is 4. The molecule has 1 aromatic rings. The highest BCUT2D eigenvalue weighted by Crippen LogP contribution is 2.34. The third kappa shape index (κ3) is 8.11. The number of benzene rings is 1. The molecule has 0 aliphatic carbocycles. The molecule has 0 fully saturated rings. The number of rotatable bonds is 13. The highest BCUT2D eigenvalue weighted by atomic mass is 16.6. The molecule has 154 valence electrons. The Balaban J connectivity index is 3.00. The molecule has 0 atom stereocenters. The van der Waals surface area contributed by atoms with Gasteiger partial charge in [-0.3, -0.25) is 10.1 Å². The maximum atomic E-state index is 11.6. The van der Waals surface area contributed by atoms with Gasteiger partial charge in [0.1, 0.15) is 6.54 Å². The molecule has 27 heavy (non-hydrogen) atoms. The number of quaternary nitrogens is 3. The van der Waals surface area contributed by atoms with Gasteiger partial charge in [0.15, 0.2) is 11.5 Å². The summed E-state index contributed by atoms with van der Waals surface area (Å²) < 4.78 is 10.6. The van der Waals surface area contributed by atoms with Crippen molar-refractivity contribution in [2.45, 2.75) is 19.4 Å². The molecule has 0 heterocycles. The molecule has 0 aliphatic rings. The molecule has 0 aliphatic heterocycles. The third-order valence-corrected chi connectivity index (χ3v) is 4.64. The molecular formula is C19H37N4O4+3. The average molecular weight is 386 g/mol. The van der Waals surface area contributed by atoms with Crippen molar-refractivity contribution >= 4 is 5.69 Å². The van der Waals surface area contributed by atoms with E-state index in [1.165, 1.54) is 27.9 Å². The zero-order valence-electron chi connectivity index (χ0n) is 17.7. The van der Waals surface area contributed by atoms with Gasteiger partial charge >= 0.3 is 0 Å². The van der Waals surface area contributed by atoms with Gasteiger partial charge in [-0.25, -0.2) is 0 Å². The monoisotopic (exact) mass is 385 g/mol. The summed E-state index contributed by atoms with van der Waals surface area (Å²) in [5.74, 6) is 0.926. The van der Waals surface area contributed by atoms with E-state index in [1.807, 2.05) is 0 Å². The van der Waals surface area contributed by atoms with Gasteiger partial charge in [-0.2, -0.15) is 0 Å². The van der Waals surface area contributed by atoms with Crippen molar-refractivity contribution in [3.05, 3.63) is 27.8 Å². The van der Waals surface area contributed by atoms with Gasteiger partial charge in [0.05, 0.1) is 85.1 Å². The van der Waals surface area contributed by atoms with Gasteiger partial charge in [-0.05, 0) is 6.07 Å². The minimum absolute atomic E-state index is 0.0987. The molecule has 8 heteroatoms. The molecule has 0 aromatic heterocycles. The first kappa shape index (κ1) is 23.1. The summed E-state index contributed by atoms with van der Waals surface area (Å²) in [6.45, 7) is 4.80. The van der Waals surface area contributed by atoms with Crippen LogP contribution in [0.4, 0.5) is 5.69 Å². The number of methoxy groups -OCH3 is 2. The normalized spacial score (nSPS) is 11.4. The van der Waals surface area contributed by atoms with Crippen molar-refractivity contribution in [2.24, 2.45) is 0 Å². The second-order valence-electron chi connectivity index (χ2n) is 7.64. The summed E-state index contributed by atoms with van der Waals surface area (Å²) in [7, 11) is 11.6. The van der Waals surface area contributed by atoms with Crippen molar-refractivity contribution in [1.82, 2.24) is 0 Å². The van der Waals surface area contributed by atoms with E-state index in [1.54, 1.807) is 13.2 Å². The summed E-state index contributed by atoms with van der Waals surface area (Å²) >= 11 is 0. The van der Waals surface area contributed by atoms with Crippen LogP contribution < -0.4 is 24.2 Å². The summed E-state index contributed by atoms with van der Waals surface area (Å²) in [5.41, 5.74) is 0.795. The van der Waals surface area contributed by atoms with Crippen LogP contribution in [0.25, 0.3) is 0 Å². The lowest BCUT2D eigenvalue weighted by Gasteiger charge is -2.21. The first-order valence-electron chi connectivity index (χ1n) is 9.59. The Hall–Kier alpha value is -1.90. The van der Waals surface area contributed by atoms with Crippen LogP contribution in [-0.4, -0.2) is 73.5 Å². The summed E-state index contributed by atoms with van der Waals surface area (Å²) in [4.78, 5) is 15.4. The highest BCUT2D eigenvalue weighted by molar-refractivity contribution is 5.54. The zero-order valence-corrected chi connectivity index (χ0v) is 17.7. The molecule has 0 radical (unpaired) electrons. The van der Waals surface area contributed by atoms with Crippen molar-refractivity contribution in [1.29, 1.82) is 0 Å². The van der Waals surface area contributed by atoms with Gasteiger partial charge in [0, 0.05) is 12.8 Å². The maximum Gasteiger partial charge on any atom is 0.282 e. The third-order valence-electron chi connectivity index (χ3n) is 4.64. The van der Waals surface area contributed by atoms with Crippen LogP contribution in [0.2, 0.25) is 0 Å². The van der Waals surface area contributed by atoms with Crippen molar-refractivity contribution in [3.8, 4) is 11.5 Å². The maximum absolute atomic E-state index is 11.6. The van der Waals surface area contributed by atoms with Crippen LogP contribution in [-0.2, 0) is 6.54 Å². The van der Waals surface area contributed by atoms with Crippen LogP contribution >= 0.6 is 0 Å². The van der Waals surface area contributed by atoms with Gasteiger partial charge in [-0.1, -0.05) is 0 Å². The lowest BCUT2D eigenvalue weighted by atomic mass is 10.1. The number of nitro groups is 1. The molecule has 0 saturated carbocycles. The van der Waals surface area contributed by atoms with Crippen molar-refractivity contribution in [2.75, 3.05) is 68.6 Å². The van der Waals surface area contributed by atoms with Crippen LogP contribution in [0.15, 0.2) is 12.1 Å². The highest BCUT2D eigenvalue weighted by Gasteiger charge is 2.23. The Morgan fingerprint density at radius 2 is 1.37 bits per heavy atom. The molecule has 0 saturated heterocycles. The summed E-state index contributed by atoms with van der Waals surface area (Å²) in [6.07, 6.45) is 2.18. The Morgan fingerprint density at radius 3 is 1.78 bits per heavy atom. The smallest absolute Gasteiger partial charge is 0.282 e. The van der Waals surface area contributed by atoms with E-state index in [2.05, 4.69) is 28.2 Å². The number of hydrogen-bond donors (Lipinski definition) is 3. The fourth-order valence-corrected chi connectivity index (χ4v) is 3.18. The topological polar surface area (TPSA) is 74.9 Å². The molecule has 8 nitrogen and oxygen atoms in total. The second kappa shape index (κ2) is 11.7. The van der Waals surface area contributed by atoms with Gasteiger partial charge in [0.25, 0.3) is 5.69 Å². The first-order chi connectivity index (χ1) is 12.8. The van der Waals surface area contributed by atoms with Crippen LogP contribution in [0.3, 0.4) is 0 Å². The Labute approximate surface area is 162 Å². The minimum atomic E-state index is -0.331. The van der Waals surface area contributed by atoms with Crippen LogP contribution in [0.5, 0.6) is 11.5 Å². The molecule has 0 unspecified atom stereocenters. The summed E-state index contributed by atoms with van der Waals surface area (Å²) in [5, 5.41) is 11.6. The van der Waals surface area contributed by atoms with Crippen LogP contribution in [0.1, 0.15) is 18.4 Å². The number of ether oxygens (including phenoxy) is 2.